The zero-order valence-corrected chi connectivity index (χ0v) is 25.2. The van der Waals surface area contributed by atoms with Gasteiger partial charge in [-0.25, -0.2) is 5.01 Å². The molecule has 10 atom stereocenters. The van der Waals surface area contributed by atoms with Gasteiger partial charge in [-0.15, -0.1) is 0 Å². The Bertz CT molecular complexity index is 887. The number of rotatable bonds is 4. The monoisotopic (exact) mass is 607 g/mol. The summed E-state index contributed by atoms with van der Waals surface area (Å²) in [4.78, 5) is 25.9. The van der Waals surface area contributed by atoms with Crippen molar-refractivity contribution in [2.24, 2.45) is 29.4 Å². The van der Waals surface area contributed by atoms with Gasteiger partial charge in [0.25, 0.3) is 0 Å². The number of amides is 1. The number of carbonyl (C=O) groups is 2. The fourth-order valence-corrected chi connectivity index (χ4v) is 9.09. The molecule has 0 aromatic carbocycles. The van der Waals surface area contributed by atoms with Crippen LogP contribution in [-0.4, -0.2) is 81.1 Å². The molecule has 1 amide bonds. The quantitative estimate of drug-likeness (QED) is 0.221. The molecule has 0 radical (unpaired) electrons. The van der Waals surface area contributed by atoms with Gasteiger partial charge in [-0.2, -0.15) is 0 Å². The number of nitrogens with zero attached hydrogens (tertiary/aromatic N) is 2. The van der Waals surface area contributed by atoms with Gasteiger partial charge in [-0.3, -0.25) is 15.0 Å². The lowest BCUT2D eigenvalue weighted by molar-refractivity contribution is -0.144. The predicted molar refractivity (Wildman–Crippen MR) is 157 cm³/mol. The van der Waals surface area contributed by atoms with Crippen LogP contribution >= 0.6 is 15.9 Å². The van der Waals surface area contributed by atoms with Gasteiger partial charge in [0.15, 0.2) is 5.78 Å². The second-order valence-electron chi connectivity index (χ2n) is 13.1. The van der Waals surface area contributed by atoms with Gasteiger partial charge in [0, 0.05) is 43.2 Å². The number of nitrogens with one attached hydrogen (secondary N) is 2. The smallest absolute Gasteiger partial charge is 0.228 e. The number of hydrogen-bond acceptors (Lipinski definition) is 7. The molecule has 9 heteroatoms. The molecule has 9 unspecified atom stereocenters. The summed E-state index contributed by atoms with van der Waals surface area (Å²) in [7, 11) is 0. The number of carbonyl (C=O) groups excluding carboxylic acids is 2. The highest BCUT2D eigenvalue weighted by atomic mass is 79.9. The fraction of sp³-hybridized carbons (Fsp3) is 0.867. The lowest BCUT2D eigenvalue weighted by Crippen LogP contribution is -2.62. The molecule has 6 rings (SSSR count). The standard InChI is InChI=1S/C26H44BrN5O2.C4H6O/c27-24-13-18(28)17(14-29-24)26(34)31-11-10-22-25-19(6-1-2-7-21(25)31)30-32(22)20-9-8-16(12-23(20)33)15-4-3-5-15;1-3-4(2)5/h15-25,29-30,33H,1-14,28H2;3H,1H2,2H3/t16?,17?,18?,19?,20?,21-,22?,23?,24?,25?;/m0./s1. The van der Waals surface area contributed by atoms with Crippen LogP contribution in [-0.2, 0) is 9.59 Å². The van der Waals surface area contributed by atoms with Gasteiger partial charge < -0.3 is 21.1 Å². The highest BCUT2D eigenvalue weighted by molar-refractivity contribution is 9.09. The number of likely N-dealkylation sites (tertiary alicyclic amines) is 1. The molecular formula is C30H50BrN5O3. The van der Waals surface area contributed by atoms with Crippen molar-refractivity contribution in [1.82, 2.24) is 20.7 Å². The van der Waals surface area contributed by atoms with E-state index in [-0.39, 0.29) is 40.7 Å². The summed E-state index contributed by atoms with van der Waals surface area (Å²) in [5, 5.41) is 17.2. The topological polar surface area (TPSA) is 111 Å². The molecule has 6 aliphatic rings. The van der Waals surface area contributed by atoms with E-state index in [2.05, 4.69) is 43.2 Å². The van der Waals surface area contributed by atoms with Gasteiger partial charge in [0.05, 0.1) is 23.0 Å². The molecule has 3 aliphatic carbocycles. The Kier molecular flexibility index (Phi) is 9.87. The Morgan fingerprint density at radius 1 is 0.974 bits per heavy atom. The van der Waals surface area contributed by atoms with Crippen LogP contribution in [0.3, 0.4) is 0 Å². The first kappa shape index (κ1) is 29.6. The number of hydrazine groups is 1. The lowest BCUT2D eigenvalue weighted by Gasteiger charge is -2.49. The minimum absolute atomic E-state index is 0.0185. The van der Waals surface area contributed by atoms with Crippen molar-refractivity contribution in [3.8, 4) is 0 Å². The third-order valence-electron chi connectivity index (χ3n) is 10.8. The second kappa shape index (κ2) is 13.0. The van der Waals surface area contributed by atoms with Crippen molar-refractivity contribution in [2.75, 3.05) is 13.1 Å². The van der Waals surface area contributed by atoms with E-state index >= 15 is 0 Å². The van der Waals surface area contributed by atoms with Crippen LogP contribution in [0.2, 0.25) is 0 Å². The molecule has 8 nitrogen and oxygen atoms in total. The first-order chi connectivity index (χ1) is 18.8. The number of ketones is 1. The first-order valence-corrected chi connectivity index (χ1v) is 16.5. The normalized spacial score (nSPS) is 42.8. The summed E-state index contributed by atoms with van der Waals surface area (Å²) in [6, 6.07) is 1.30. The Labute approximate surface area is 243 Å². The average molecular weight is 609 g/mol. The number of alkyl halides is 1. The summed E-state index contributed by atoms with van der Waals surface area (Å²) in [5.74, 6) is 2.22. The Morgan fingerprint density at radius 2 is 1.72 bits per heavy atom. The molecule has 3 saturated heterocycles. The third kappa shape index (κ3) is 6.33. The van der Waals surface area contributed by atoms with Gasteiger partial charge in [0.2, 0.25) is 5.91 Å². The fourth-order valence-electron chi connectivity index (χ4n) is 8.47. The maximum Gasteiger partial charge on any atom is 0.228 e. The molecule has 6 fully saturated rings. The Hall–Kier alpha value is -0.840. The highest BCUT2D eigenvalue weighted by Gasteiger charge is 2.54. The van der Waals surface area contributed by atoms with Crippen molar-refractivity contribution >= 4 is 27.6 Å². The molecule has 220 valence electrons. The van der Waals surface area contributed by atoms with Gasteiger partial charge in [0.1, 0.15) is 0 Å². The van der Waals surface area contributed by atoms with Crippen molar-refractivity contribution in [1.29, 1.82) is 0 Å². The van der Waals surface area contributed by atoms with E-state index in [0.717, 1.165) is 50.5 Å². The number of hydrogen-bond donors (Lipinski definition) is 4. The Morgan fingerprint density at radius 3 is 2.36 bits per heavy atom. The largest absolute Gasteiger partial charge is 0.391 e. The van der Waals surface area contributed by atoms with Crippen LogP contribution in [0.25, 0.3) is 0 Å². The number of allylic oxidation sites excluding steroid dienone is 1. The summed E-state index contributed by atoms with van der Waals surface area (Å²) >= 11 is 3.61. The summed E-state index contributed by atoms with van der Waals surface area (Å²) < 4.78 is 0. The molecule has 3 heterocycles. The predicted octanol–water partition coefficient (Wildman–Crippen LogP) is 3.08. The number of aliphatic hydroxyl groups excluding tert-OH is 1. The van der Waals surface area contributed by atoms with Gasteiger partial charge in [-0.1, -0.05) is 54.6 Å². The number of piperidine rings is 2. The van der Waals surface area contributed by atoms with Crippen LogP contribution in [0.15, 0.2) is 12.7 Å². The lowest BCUT2D eigenvalue weighted by atomic mass is 9.68. The van der Waals surface area contributed by atoms with E-state index in [1.54, 1.807) is 0 Å². The van der Waals surface area contributed by atoms with E-state index in [9.17, 15) is 14.7 Å². The van der Waals surface area contributed by atoms with Crippen LogP contribution in [0.5, 0.6) is 0 Å². The first-order valence-electron chi connectivity index (χ1n) is 15.6. The highest BCUT2D eigenvalue weighted by Crippen LogP contribution is 2.46. The molecule has 0 spiro atoms. The van der Waals surface area contributed by atoms with Crippen LogP contribution in [0.1, 0.15) is 84.0 Å². The van der Waals surface area contributed by atoms with Crippen LogP contribution in [0.4, 0.5) is 0 Å². The van der Waals surface area contributed by atoms with Gasteiger partial charge in [-0.05, 0) is 69.8 Å². The third-order valence-corrected chi connectivity index (χ3v) is 11.5. The molecule has 0 aromatic rings. The van der Waals surface area contributed by atoms with Crippen LogP contribution < -0.4 is 16.5 Å². The van der Waals surface area contributed by atoms with Crippen molar-refractivity contribution < 1.29 is 14.7 Å². The summed E-state index contributed by atoms with van der Waals surface area (Å²) in [6.07, 6.45) is 15.0. The minimum Gasteiger partial charge on any atom is -0.391 e. The second-order valence-corrected chi connectivity index (χ2v) is 14.2. The summed E-state index contributed by atoms with van der Waals surface area (Å²) in [5.41, 5.74) is 10.4. The average Bonchev–Trinajstić information content (AvgIpc) is 3.10. The maximum absolute atomic E-state index is 13.8. The van der Waals surface area contributed by atoms with E-state index in [1.165, 1.54) is 57.9 Å². The van der Waals surface area contributed by atoms with Crippen molar-refractivity contribution in [2.45, 2.75) is 125 Å². The van der Waals surface area contributed by atoms with E-state index in [1.807, 2.05) is 0 Å². The molecule has 3 aliphatic heterocycles. The zero-order valence-electron chi connectivity index (χ0n) is 23.6. The molecule has 5 N–H and O–H groups in total. The van der Waals surface area contributed by atoms with Crippen molar-refractivity contribution in [3.63, 3.8) is 0 Å². The Balaban J connectivity index is 0.000000567. The zero-order chi connectivity index (χ0) is 27.7. The van der Waals surface area contributed by atoms with E-state index in [4.69, 9.17) is 5.73 Å². The van der Waals surface area contributed by atoms with E-state index in [0.29, 0.717) is 30.6 Å². The minimum atomic E-state index is -0.226. The SMILES string of the molecule is C=CC(C)=O.NC1CC(Br)NCC1C(=O)N1CCC2C3C(CCCC[C@@H]31)NN2C1CCC(C2CCC2)CC1O. The number of aliphatic hydroxyl groups is 1. The maximum atomic E-state index is 13.8. The molecule has 3 saturated carbocycles. The van der Waals surface area contributed by atoms with Crippen molar-refractivity contribution in [3.05, 3.63) is 12.7 Å². The van der Waals surface area contributed by atoms with E-state index < -0.39 is 0 Å². The number of halogens is 1. The molecule has 0 aromatic heterocycles. The molecular weight excluding hydrogens is 558 g/mol. The van der Waals surface area contributed by atoms with Crippen LogP contribution in [0, 0.1) is 23.7 Å². The summed E-state index contributed by atoms with van der Waals surface area (Å²) in [6.45, 7) is 6.16. The van der Waals surface area contributed by atoms with Gasteiger partial charge >= 0.3 is 0 Å². The number of nitrogens with two attached hydrogens (primary N) is 1. The molecule has 0 bridgehead atoms. The molecule has 39 heavy (non-hydrogen) atoms.